The maximum Gasteiger partial charge on any atom is 0.152 e. The van der Waals surface area contributed by atoms with E-state index in [1.807, 2.05) is 24.0 Å². The second-order valence-corrected chi connectivity index (χ2v) is 10.1. The van der Waals surface area contributed by atoms with Gasteiger partial charge in [0.2, 0.25) is 0 Å². The van der Waals surface area contributed by atoms with Crippen LogP contribution in [0.3, 0.4) is 0 Å². The topological polar surface area (TPSA) is 64.4 Å². The maximum absolute atomic E-state index is 11.8. The molecule has 2 aliphatic heterocycles. The van der Waals surface area contributed by atoms with Crippen molar-refractivity contribution in [3.63, 3.8) is 0 Å². The van der Waals surface area contributed by atoms with Crippen LogP contribution in [0.15, 0.2) is 12.4 Å². The van der Waals surface area contributed by atoms with Crippen LogP contribution in [0, 0.1) is 0 Å². The average molecular weight is 341 g/mol. The van der Waals surface area contributed by atoms with Crippen LogP contribution < -0.4 is 0 Å². The second-order valence-electron chi connectivity index (χ2n) is 7.95. The molecule has 0 saturated carbocycles. The molecule has 0 aromatic carbocycles. The van der Waals surface area contributed by atoms with E-state index >= 15 is 0 Å². The first-order valence-electron chi connectivity index (χ1n) is 8.21. The number of sulfone groups is 1. The lowest BCUT2D eigenvalue weighted by Crippen LogP contribution is -2.54. The minimum Gasteiger partial charge on any atom is -0.375 e. The van der Waals surface area contributed by atoms with Gasteiger partial charge in [0, 0.05) is 30.4 Å². The van der Waals surface area contributed by atoms with Crippen molar-refractivity contribution >= 4 is 9.84 Å². The van der Waals surface area contributed by atoms with Gasteiger partial charge in [-0.05, 0) is 34.1 Å². The van der Waals surface area contributed by atoms with E-state index in [2.05, 4.69) is 30.8 Å². The number of morpholine rings is 1. The molecule has 3 rings (SSSR count). The highest BCUT2D eigenvalue weighted by Gasteiger charge is 2.41. The van der Waals surface area contributed by atoms with Gasteiger partial charge in [0.15, 0.2) is 9.84 Å². The summed E-state index contributed by atoms with van der Waals surface area (Å²) in [5.41, 5.74) is 0.706. The number of ether oxygens (including phenoxy) is 1. The molecule has 7 heteroatoms. The van der Waals surface area contributed by atoms with Gasteiger partial charge in [-0.1, -0.05) is 0 Å². The molecule has 0 aliphatic carbocycles. The summed E-state index contributed by atoms with van der Waals surface area (Å²) in [5.74, 6) is 0.438. The summed E-state index contributed by atoms with van der Waals surface area (Å²) in [6.45, 7) is 10.9. The Morgan fingerprint density at radius 1 is 1.39 bits per heavy atom. The normalized spacial score (nSPS) is 33.8. The van der Waals surface area contributed by atoms with E-state index in [1.54, 1.807) is 0 Å². The number of hydrogen-bond donors (Lipinski definition) is 0. The van der Waals surface area contributed by atoms with E-state index in [1.165, 1.54) is 0 Å². The lowest BCUT2D eigenvalue weighted by atomic mass is 10.0. The smallest absolute Gasteiger partial charge is 0.152 e. The molecular weight excluding hydrogens is 314 g/mol. The quantitative estimate of drug-likeness (QED) is 0.832. The first kappa shape index (κ1) is 16.9. The molecule has 0 amide bonds. The minimum absolute atomic E-state index is 0.00475. The third kappa shape index (κ3) is 3.46. The van der Waals surface area contributed by atoms with Gasteiger partial charge in [0.1, 0.15) is 0 Å². The zero-order valence-electron chi connectivity index (χ0n) is 14.4. The predicted octanol–water partition coefficient (Wildman–Crippen LogP) is 1.42. The minimum atomic E-state index is -2.93. The van der Waals surface area contributed by atoms with Crippen molar-refractivity contribution in [1.29, 1.82) is 0 Å². The number of aromatic nitrogens is 2. The van der Waals surface area contributed by atoms with Crippen molar-refractivity contribution in [2.24, 2.45) is 0 Å². The fraction of sp³-hybridized carbons (Fsp3) is 0.812. The molecule has 0 spiro atoms. The van der Waals surface area contributed by atoms with E-state index in [9.17, 15) is 8.42 Å². The molecule has 0 radical (unpaired) electrons. The van der Waals surface area contributed by atoms with E-state index < -0.39 is 15.4 Å². The van der Waals surface area contributed by atoms with Crippen LogP contribution in [0.4, 0.5) is 0 Å². The van der Waals surface area contributed by atoms with Crippen molar-refractivity contribution in [3.05, 3.63) is 18.0 Å². The van der Waals surface area contributed by atoms with Crippen LogP contribution >= 0.6 is 0 Å². The largest absolute Gasteiger partial charge is 0.375 e. The molecule has 3 heterocycles. The Balaban J connectivity index is 1.75. The van der Waals surface area contributed by atoms with Gasteiger partial charge >= 0.3 is 0 Å². The molecule has 23 heavy (non-hydrogen) atoms. The highest BCUT2D eigenvalue weighted by molar-refractivity contribution is 7.91. The summed E-state index contributed by atoms with van der Waals surface area (Å²) in [6.07, 6.45) is 4.75. The first-order valence-corrected chi connectivity index (χ1v) is 10.0. The first-order chi connectivity index (χ1) is 10.6. The van der Waals surface area contributed by atoms with Gasteiger partial charge in [0.05, 0.1) is 36.0 Å². The summed E-state index contributed by atoms with van der Waals surface area (Å²) in [7, 11) is -2.93. The summed E-state index contributed by atoms with van der Waals surface area (Å²) < 4.78 is 31.2. The van der Waals surface area contributed by atoms with Gasteiger partial charge in [0.25, 0.3) is 0 Å². The molecule has 2 aliphatic rings. The highest BCUT2D eigenvalue weighted by atomic mass is 32.2. The molecule has 2 saturated heterocycles. The van der Waals surface area contributed by atoms with E-state index in [-0.39, 0.29) is 23.1 Å². The van der Waals surface area contributed by atoms with Gasteiger partial charge in [-0.25, -0.2) is 8.42 Å². The molecule has 0 bridgehead atoms. The van der Waals surface area contributed by atoms with E-state index in [0.717, 1.165) is 25.3 Å². The van der Waals surface area contributed by atoms with Crippen molar-refractivity contribution in [1.82, 2.24) is 14.7 Å². The van der Waals surface area contributed by atoms with Crippen LogP contribution in [0.1, 0.15) is 39.7 Å². The highest BCUT2D eigenvalue weighted by Crippen LogP contribution is 2.31. The Morgan fingerprint density at radius 3 is 2.78 bits per heavy atom. The Kier molecular flexibility index (Phi) is 4.09. The van der Waals surface area contributed by atoms with Gasteiger partial charge in [-0.15, -0.1) is 0 Å². The molecule has 130 valence electrons. The van der Waals surface area contributed by atoms with Crippen LogP contribution in [0.25, 0.3) is 0 Å². The maximum atomic E-state index is 11.8. The number of hydrogen-bond acceptors (Lipinski definition) is 5. The van der Waals surface area contributed by atoms with Crippen molar-refractivity contribution in [3.8, 4) is 0 Å². The molecule has 1 aromatic rings. The van der Waals surface area contributed by atoms with Crippen LogP contribution in [0.2, 0.25) is 0 Å². The Hall–Kier alpha value is -0.920. The van der Waals surface area contributed by atoms with Gasteiger partial charge in [-0.3, -0.25) is 9.58 Å². The van der Waals surface area contributed by atoms with Crippen LogP contribution in [-0.4, -0.2) is 59.4 Å². The molecule has 0 N–H and O–H groups in total. The summed E-state index contributed by atoms with van der Waals surface area (Å²) in [4.78, 5) is 2.41. The molecular formula is C16H27N3O3S. The molecule has 2 fully saturated rings. The summed E-state index contributed by atoms with van der Waals surface area (Å²) >= 11 is 0. The monoisotopic (exact) mass is 341 g/mol. The number of nitrogens with zero attached hydrogens (tertiary/aromatic N) is 3. The molecule has 0 unspecified atom stereocenters. The van der Waals surface area contributed by atoms with Crippen molar-refractivity contribution < 1.29 is 13.2 Å². The van der Waals surface area contributed by atoms with Crippen LogP contribution in [-0.2, 0) is 26.7 Å². The van der Waals surface area contributed by atoms with Crippen molar-refractivity contribution in [2.75, 3.05) is 24.7 Å². The zero-order valence-corrected chi connectivity index (χ0v) is 15.3. The third-order valence-corrected chi connectivity index (χ3v) is 6.99. The molecule has 2 atom stereocenters. The predicted molar refractivity (Wildman–Crippen MR) is 89.0 cm³/mol. The van der Waals surface area contributed by atoms with Gasteiger partial charge in [-0.2, -0.15) is 5.10 Å². The number of rotatable bonds is 3. The fourth-order valence-corrected chi connectivity index (χ4v) is 5.58. The third-order valence-electron chi connectivity index (χ3n) is 5.10. The zero-order chi connectivity index (χ0) is 16.9. The Morgan fingerprint density at radius 2 is 2.13 bits per heavy atom. The van der Waals surface area contributed by atoms with Gasteiger partial charge < -0.3 is 4.74 Å². The van der Waals surface area contributed by atoms with E-state index in [4.69, 9.17) is 4.74 Å². The average Bonchev–Trinajstić information content (AvgIpc) is 3.00. The summed E-state index contributed by atoms with van der Waals surface area (Å²) in [6, 6.07) is 0. The summed E-state index contributed by atoms with van der Waals surface area (Å²) in [5, 5.41) is 4.46. The Bertz CT molecular complexity index is 682. The lowest BCUT2D eigenvalue weighted by Gasteiger charge is -2.44. The standard InChI is InChI=1S/C16H27N3O3S/c1-13-8-18(15(2,3)11-22-13)9-14-7-17-19(10-14)16(4)5-6-23(20,21)12-16/h7,10,13H,5-6,8-9,11-12H2,1-4H3/t13-,16+/m1/s1. The fourth-order valence-electron chi connectivity index (χ4n) is 3.46. The Labute approximate surface area is 138 Å². The molecule has 6 nitrogen and oxygen atoms in total. The second kappa shape index (κ2) is 5.57. The lowest BCUT2D eigenvalue weighted by molar-refractivity contribution is -0.0949. The van der Waals surface area contributed by atoms with Crippen LogP contribution in [0.5, 0.6) is 0 Å². The SMILES string of the molecule is C[C@@H]1CN(Cc2cnn([C@@]3(C)CCS(=O)(=O)C3)c2)C(C)(C)CO1. The van der Waals surface area contributed by atoms with E-state index in [0.29, 0.717) is 6.42 Å². The molecule has 1 aromatic heterocycles. The van der Waals surface area contributed by atoms with Crippen molar-refractivity contribution in [2.45, 2.75) is 57.8 Å².